The van der Waals surface area contributed by atoms with Crippen molar-refractivity contribution in [1.82, 2.24) is 9.97 Å². The first-order valence-electron chi connectivity index (χ1n) is 5.33. The highest BCUT2D eigenvalue weighted by Crippen LogP contribution is 2.33. The van der Waals surface area contributed by atoms with Gasteiger partial charge in [0.1, 0.15) is 5.82 Å². The Hall–Kier alpha value is -1.56. The highest BCUT2D eigenvalue weighted by Gasteiger charge is 2.09. The highest BCUT2D eigenvalue weighted by atomic mass is 35.5. The molecule has 0 atom stereocenters. The number of aromatic nitrogens is 2. The molecule has 0 unspecified atom stereocenters. The number of anilines is 2. The fourth-order valence-electron chi connectivity index (χ4n) is 1.36. The number of hydrogen-bond acceptors (Lipinski definition) is 5. The van der Waals surface area contributed by atoms with Crippen molar-refractivity contribution in [3.8, 4) is 0 Å². The average molecular weight is 333 g/mol. The van der Waals surface area contributed by atoms with E-state index >= 15 is 0 Å². The Morgan fingerprint density at radius 2 is 1.80 bits per heavy atom. The lowest BCUT2D eigenvalue weighted by Gasteiger charge is -2.09. The van der Waals surface area contributed by atoms with Gasteiger partial charge in [-0.15, -0.1) is 0 Å². The van der Waals surface area contributed by atoms with Gasteiger partial charge in [-0.1, -0.05) is 34.8 Å². The van der Waals surface area contributed by atoms with Crippen molar-refractivity contribution >= 4 is 52.3 Å². The number of methoxy groups -OCH3 is 1. The summed E-state index contributed by atoms with van der Waals surface area (Å²) in [4.78, 5) is 19.2. The molecule has 0 saturated carbocycles. The zero-order valence-corrected chi connectivity index (χ0v) is 12.4. The van der Waals surface area contributed by atoms with Crippen LogP contribution in [0.15, 0.2) is 24.5 Å². The maximum absolute atomic E-state index is 11.2. The number of benzene rings is 1. The summed E-state index contributed by atoms with van der Waals surface area (Å²) in [5.41, 5.74) is 0.638. The topological polar surface area (TPSA) is 64.1 Å². The van der Waals surface area contributed by atoms with Crippen molar-refractivity contribution in [1.29, 1.82) is 0 Å². The van der Waals surface area contributed by atoms with Gasteiger partial charge in [0.05, 0.1) is 40.3 Å². The predicted octanol–water partition coefficient (Wildman–Crippen LogP) is 3.97. The molecule has 0 radical (unpaired) electrons. The molecule has 0 aliphatic heterocycles. The van der Waals surface area contributed by atoms with Gasteiger partial charge < -0.3 is 10.1 Å². The van der Waals surface area contributed by atoms with Gasteiger partial charge in [0.2, 0.25) is 0 Å². The van der Waals surface area contributed by atoms with Gasteiger partial charge in [0.15, 0.2) is 5.69 Å². The Bertz CT molecular complexity index is 647. The second-order valence-corrected chi connectivity index (χ2v) is 4.87. The van der Waals surface area contributed by atoms with Gasteiger partial charge in [-0.2, -0.15) is 0 Å². The molecular formula is C12H8Cl3N3O2. The first kappa shape index (κ1) is 14.8. The highest BCUT2D eigenvalue weighted by molar-refractivity contribution is 6.44. The minimum atomic E-state index is -0.559. The van der Waals surface area contributed by atoms with Gasteiger partial charge in [0.25, 0.3) is 0 Å². The summed E-state index contributed by atoms with van der Waals surface area (Å²) in [5, 5.41) is 4.03. The number of nitrogens with one attached hydrogen (secondary N) is 1. The van der Waals surface area contributed by atoms with E-state index in [0.717, 1.165) is 0 Å². The van der Waals surface area contributed by atoms with Crippen LogP contribution in [0.3, 0.4) is 0 Å². The Morgan fingerprint density at radius 3 is 2.40 bits per heavy atom. The van der Waals surface area contributed by atoms with Crippen LogP contribution in [-0.4, -0.2) is 23.0 Å². The Balaban J connectivity index is 2.22. The Morgan fingerprint density at radius 1 is 1.10 bits per heavy atom. The summed E-state index contributed by atoms with van der Waals surface area (Å²) in [7, 11) is 1.27. The predicted molar refractivity (Wildman–Crippen MR) is 78.1 cm³/mol. The quantitative estimate of drug-likeness (QED) is 0.680. The molecule has 2 aromatic rings. The Labute approximate surface area is 129 Å². The van der Waals surface area contributed by atoms with E-state index in [2.05, 4.69) is 20.0 Å². The van der Waals surface area contributed by atoms with Crippen molar-refractivity contribution in [3.05, 3.63) is 45.3 Å². The summed E-state index contributed by atoms with van der Waals surface area (Å²) >= 11 is 17.8. The molecule has 1 heterocycles. The number of rotatable bonds is 3. The molecule has 1 aromatic carbocycles. The summed E-state index contributed by atoms with van der Waals surface area (Å²) < 4.78 is 4.53. The van der Waals surface area contributed by atoms with Crippen LogP contribution in [0.1, 0.15) is 10.5 Å². The zero-order valence-electron chi connectivity index (χ0n) is 10.2. The molecule has 0 saturated heterocycles. The van der Waals surface area contributed by atoms with Crippen LogP contribution in [0.4, 0.5) is 11.5 Å². The molecular weight excluding hydrogens is 325 g/mol. The maximum Gasteiger partial charge on any atom is 0.358 e. The van der Waals surface area contributed by atoms with Gasteiger partial charge in [-0.05, 0) is 12.1 Å². The van der Waals surface area contributed by atoms with E-state index in [1.165, 1.54) is 25.6 Å². The zero-order chi connectivity index (χ0) is 14.7. The van der Waals surface area contributed by atoms with Crippen LogP contribution >= 0.6 is 34.8 Å². The van der Waals surface area contributed by atoms with Gasteiger partial charge in [0, 0.05) is 0 Å². The number of hydrogen-bond donors (Lipinski definition) is 1. The van der Waals surface area contributed by atoms with Crippen LogP contribution in [0.2, 0.25) is 15.1 Å². The number of carbonyl (C=O) groups is 1. The average Bonchev–Trinajstić information content (AvgIpc) is 2.44. The largest absolute Gasteiger partial charge is 0.464 e. The lowest BCUT2D eigenvalue weighted by atomic mass is 10.3. The fourth-order valence-corrected chi connectivity index (χ4v) is 1.95. The number of nitrogens with zero attached hydrogens (tertiary/aromatic N) is 2. The molecule has 1 N–H and O–H groups in total. The fraction of sp³-hybridized carbons (Fsp3) is 0.0833. The Kier molecular flexibility index (Phi) is 4.65. The summed E-state index contributed by atoms with van der Waals surface area (Å²) in [6.07, 6.45) is 2.67. The summed E-state index contributed by atoms with van der Waals surface area (Å²) in [6, 6.07) is 3.09. The van der Waals surface area contributed by atoms with Crippen LogP contribution in [0.25, 0.3) is 0 Å². The van der Waals surface area contributed by atoms with Crippen molar-refractivity contribution in [3.63, 3.8) is 0 Å². The van der Waals surface area contributed by atoms with Crippen LogP contribution in [0, 0.1) is 0 Å². The molecule has 8 heteroatoms. The number of ether oxygens (including phenoxy) is 1. The monoisotopic (exact) mass is 331 g/mol. The molecule has 0 amide bonds. The molecule has 0 spiro atoms. The standard InChI is InChI=1S/C12H8Cl3N3O2/c1-20-12(19)10-4-17-11(5-16-10)18-9-3-7(14)6(13)2-8(9)15/h2-5H,1H3,(H,17,18). The van der Waals surface area contributed by atoms with Crippen molar-refractivity contribution in [2.75, 3.05) is 12.4 Å². The van der Waals surface area contributed by atoms with Crippen molar-refractivity contribution in [2.24, 2.45) is 0 Å². The van der Waals surface area contributed by atoms with E-state index in [-0.39, 0.29) is 5.69 Å². The normalized spacial score (nSPS) is 10.2. The van der Waals surface area contributed by atoms with E-state index in [1.54, 1.807) is 6.07 Å². The molecule has 0 bridgehead atoms. The van der Waals surface area contributed by atoms with E-state index in [9.17, 15) is 4.79 Å². The summed E-state index contributed by atoms with van der Waals surface area (Å²) in [6.45, 7) is 0. The molecule has 2 rings (SSSR count). The molecule has 104 valence electrons. The van der Waals surface area contributed by atoms with Gasteiger partial charge in [-0.25, -0.2) is 14.8 Å². The maximum atomic E-state index is 11.2. The van der Waals surface area contributed by atoms with Crippen LogP contribution in [-0.2, 0) is 4.74 Å². The molecule has 20 heavy (non-hydrogen) atoms. The van der Waals surface area contributed by atoms with Crippen LogP contribution in [0.5, 0.6) is 0 Å². The van der Waals surface area contributed by atoms with Crippen molar-refractivity contribution < 1.29 is 9.53 Å². The molecule has 0 aliphatic carbocycles. The number of halogens is 3. The molecule has 5 nitrogen and oxygen atoms in total. The van der Waals surface area contributed by atoms with E-state index < -0.39 is 5.97 Å². The SMILES string of the molecule is COC(=O)c1cnc(Nc2cc(Cl)c(Cl)cc2Cl)cn1. The minimum Gasteiger partial charge on any atom is -0.464 e. The molecule has 0 aliphatic rings. The van der Waals surface area contributed by atoms with Crippen LogP contribution < -0.4 is 5.32 Å². The summed E-state index contributed by atoms with van der Waals surface area (Å²) in [5.74, 6) is -0.158. The lowest BCUT2D eigenvalue weighted by molar-refractivity contribution is 0.0593. The smallest absolute Gasteiger partial charge is 0.358 e. The van der Waals surface area contributed by atoms with E-state index in [1.807, 2.05) is 0 Å². The van der Waals surface area contributed by atoms with Gasteiger partial charge >= 0.3 is 5.97 Å². The first-order chi connectivity index (χ1) is 9.51. The number of carbonyl (C=O) groups excluding carboxylic acids is 1. The second-order valence-electron chi connectivity index (χ2n) is 3.65. The van der Waals surface area contributed by atoms with Gasteiger partial charge in [-0.3, -0.25) is 0 Å². The van der Waals surface area contributed by atoms with E-state index in [4.69, 9.17) is 34.8 Å². The number of esters is 1. The third-order valence-corrected chi connectivity index (χ3v) is 3.35. The lowest BCUT2D eigenvalue weighted by Crippen LogP contribution is -2.05. The third kappa shape index (κ3) is 3.30. The van der Waals surface area contributed by atoms with E-state index in [0.29, 0.717) is 26.6 Å². The molecule has 0 fully saturated rings. The second kappa shape index (κ2) is 6.26. The third-order valence-electron chi connectivity index (χ3n) is 2.32. The van der Waals surface area contributed by atoms with Crippen molar-refractivity contribution in [2.45, 2.75) is 0 Å². The minimum absolute atomic E-state index is 0.110. The molecule has 1 aromatic heterocycles. The first-order valence-corrected chi connectivity index (χ1v) is 6.46.